The monoisotopic (exact) mass is 262 g/mol. The molecule has 1 N–H and O–H groups in total. The van der Waals surface area contributed by atoms with Gasteiger partial charge in [0.2, 0.25) is 0 Å². The van der Waals surface area contributed by atoms with Crippen molar-refractivity contribution in [3.63, 3.8) is 0 Å². The summed E-state index contributed by atoms with van der Waals surface area (Å²) < 4.78 is 7.41. The average molecular weight is 262 g/mol. The van der Waals surface area contributed by atoms with Crippen LogP contribution in [0.2, 0.25) is 0 Å². The molecule has 1 aromatic carbocycles. The molecule has 0 radical (unpaired) electrons. The van der Waals surface area contributed by atoms with Gasteiger partial charge in [0.1, 0.15) is 5.75 Å². The first kappa shape index (κ1) is 12.6. The minimum Gasteiger partial charge on any atom is -0.497 e. The third kappa shape index (κ3) is 3.07. The first-order chi connectivity index (χ1) is 8.69. The van der Waals surface area contributed by atoms with Crippen LogP contribution in [0.4, 0.5) is 0 Å². The molecule has 0 unspecified atom stereocenters. The SMILES string of the molecule is COc1ccc(CCn2ccc(=O)[nH]c2=S)cc1. The quantitative estimate of drug-likeness (QED) is 0.859. The van der Waals surface area contributed by atoms with Crippen LogP contribution >= 0.6 is 12.2 Å². The zero-order valence-electron chi connectivity index (χ0n) is 10.1. The number of methoxy groups -OCH3 is 1. The standard InChI is InChI=1S/C13H14N2O2S/c1-17-11-4-2-10(3-5-11)6-8-15-9-7-12(16)14-13(15)18/h2-5,7,9H,6,8H2,1H3,(H,14,16,18). The van der Waals surface area contributed by atoms with Crippen molar-refractivity contribution in [3.05, 3.63) is 57.2 Å². The number of benzene rings is 1. The molecular weight excluding hydrogens is 248 g/mol. The molecule has 0 bridgehead atoms. The first-order valence-electron chi connectivity index (χ1n) is 5.62. The lowest BCUT2D eigenvalue weighted by atomic mass is 10.1. The number of hydrogen-bond donors (Lipinski definition) is 1. The van der Waals surface area contributed by atoms with Crippen molar-refractivity contribution < 1.29 is 4.74 Å². The van der Waals surface area contributed by atoms with Gasteiger partial charge in [-0.15, -0.1) is 0 Å². The van der Waals surface area contributed by atoms with Gasteiger partial charge in [0.25, 0.3) is 5.56 Å². The van der Waals surface area contributed by atoms with Crippen molar-refractivity contribution in [2.45, 2.75) is 13.0 Å². The topological polar surface area (TPSA) is 47.0 Å². The molecule has 0 atom stereocenters. The van der Waals surface area contributed by atoms with Crippen LogP contribution in [0.3, 0.4) is 0 Å². The number of rotatable bonds is 4. The molecule has 2 rings (SSSR count). The molecule has 1 aromatic heterocycles. The summed E-state index contributed by atoms with van der Waals surface area (Å²) in [5, 5.41) is 0. The molecule has 5 heteroatoms. The Morgan fingerprint density at radius 3 is 2.61 bits per heavy atom. The van der Waals surface area contributed by atoms with Gasteiger partial charge in [0, 0.05) is 18.8 Å². The highest BCUT2D eigenvalue weighted by Gasteiger charge is 1.97. The molecule has 18 heavy (non-hydrogen) atoms. The summed E-state index contributed by atoms with van der Waals surface area (Å²) >= 11 is 5.08. The minimum absolute atomic E-state index is 0.166. The Bertz CT molecular complexity index is 628. The highest BCUT2D eigenvalue weighted by Crippen LogP contribution is 2.12. The molecule has 0 aliphatic heterocycles. The third-order valence-electron chi connectivity index (χ3n) is 2.70. The zero-order chi connectivity index (χ0) is 13.0. The molecule has 2 aromatic rings. The maximum atomic E-state index is 11.0. The van der Waals surface area contributed by atoms with Gasteiger partial charge >= 0.3 is 0 Å². The summed E-state index contributed by atoms with van der Waals surface area (Å²) in [5.41, 5.74) is 1.03. The third-order valence-corrected chi connectivity index (χ3v) is 3.03. The largest absolute Gasteiger partial charge is 0.497 e. The van der Waals surface area contributed by atoms with E-state index in [1.165, 1.54) is 11.6 Å². The van der Waals surface area contributed by atoms with Crippen LogP contribution in [0.25, 0.3) is 0 Å². The molecule has 0 spiro atoms. The predicted octanol–water partition coefficient (Wildman–Crippen LogP) is 2.16. The van der Waals surface area contributed by atoms with Crippen molar-refractivity contribution in [2.24, 2.45) is 0 Å². The zero-order valence-corrected chi connectivity index (χ0v) is 10.9. The maximum Gasteiger partial charge on any atom is 0.251 e. The Labute approximate surface area is 110 Å². The first-order valence-corrected chi connectivity index (χ1v) is 6.02. The number of hydrogen-bond acceptors (Lipinski definition) is 3. The molecule has 1 heterocycles. The van der Waals surface area contributed by atoms with Crippen molar-refractivity contribution in [1.29, 1.82) is 0 Å². The molecule has 0 amide bonds. The van der Waals surface area contributed by atoms with Crippen molar-refractivity contribution in [1.82, 2.24) is 9.55 Å². The summed E-state index contributed by atoms with van der Waals surface area (Å²) in [6.07, 6.45) is 2.56. The smallest absolute Gasteiger partial charge is 0.251 e. The summed E-state index contributed by atoms with van der Waals surface area (Å²) in [6.45, 7) is 0.738. The Morgan fingerprint density at radius 2 is 2.00 bits per heavy atom. The van der Waals surface area contributed by atoms with Crippen LogP contribution in [-0.2, 0) is 13.0 Å². The Morgan fingerprint density at radius 1 is 1.28 bits per heavy atom. The van der Waals surface area contributed by atoms with Crippen LogP contribution < -0.4 is 10.3 Å². The minimum atomic E-state index is -0.166. The second-order valence-corrected chi connectivity index (χ2v) is 4.29. The lowest BCUT2D eigenvalue weighted by Gasteiger charge is -2.06. The highest BCUT2D eigenvalue weighted by molar-refractivity contribution is 7.71. The van der Waals surface area contributed by atoms with E-state index in [2.05, 4.69) is 4.98 Å². The van der Waals surface area contributed by atoms with E-state index >= 15 is 0 Å². The number of aromatic amines is 1. The summed E-state index contributed by atoms with van der Waals surface area (Å²) in [4.78, 5) is 13.6. The van der Waals surface area contributed by atoms with Gasteiger partial charge in [-0.1, -0.05) is 12.1 Å². The van der Waals surface area contributed by atoms with Gasteiger partial charge in [-0.3, -0.25) is 9.78 Å². The number of aromatic nitrogens is 2. The fourth-order valence-corrected chi connectivity index (χ4v) is 1.91. The molecule has 0 saturated heterocycles. The Hall–Kier alpha value is -1.88. The Balaban J connectivity index is 2.06. The molecule has 0 fully saturated rings. The van der Waals surface area contributed by atoms with E-state index in [1.807, 2.05) is 28.8 Å². The van der Waals surface area contributed by atoms with Crippen molar-refractivity contribution >= 4 is 12.2 Å². The molecule has 0 aliphatic rings. The van der Waals surface area contributed by atoms with E-state index in [-0.39, 0.29) is 5.56 Å². The summed E-state index contributed by atoms with van der Waals surface area (Å²) in [6, 6.07) is 9.38. The van der Waals surface area contributed by atoms with Crippen LogP contribution in [-0.4, -0.2) is 16.7 Å². The van der Waals surface area contributed by atoms with Gasteiger partial charge < -0.3 is 9.30 Å². The Kier molecular flexibility index (Phi) is 3.94. The average Bonchev–Trinajstić information content (AvgIpc) is 2.38. The van der Waals surface area contributed by atoms with Crippen LogP contribution in [0, 0.1) is 4.77 Å². The van der Waals surface area contributed by atoms with Crippen LogP contribution in [0.15, 0.2) is 41.3 Å². The summed E-state index contributed by atoms with van der Waals surface area (Å²) in [7, 11) is 1.65. The molecular formula is C13H14N2O2S. The molecule has 0 saturated carbocycles. The fourth-order valence-electron chi connectivity index (χ4n) is 1.66. The lowest BCUT2D eigenvalue weighted by Crippen LogP contribution is -2.12. The summed E-state index contributed by atoms with van der Waals surface area (Å²) in [5.74, 6) is 0.847. The van der Waals surface area contributed by atoms with Gasteiger partial charge in [0.05, 0.1) is 7.11 Å². The van der Waals surface area contributed by atoms with Crippen molar-refractivity contribution in [2.75, 3.05) is 7.11 Å². The van der Waals surface area contributed by atoms with E-state index < -0.39 is 0 Å². The van der Waals surface area contributed by atoms with E-state index in [0.29, 0.717) is 4.77 Å². The molecule has 0 aliphatic carbocycles. The van der Waals surface area contributed by atoms with E-state index in [0.717, 1.165) is 18.7 Å². The normalized spacial score (nSPS) is 10.3. The molecule has 94 valence electrons. The van der Waals surface area contributed by atoms with Gasteiger partial charge in [-0.25, -0.2) is 0 Å². The number of nitrogens with zero attached hydrogens (tertiary/aromatic N) is 1. The number of nitrogens with one attached hydrogen (secondary N) is 1. The predicted molar refractivity (Wildman–Crippen MR) is 72.6 cm³/mol. The van der Waals surface area contributed by atoms with Gasteiger partial charge in [-0.05, 0) is 36.3 Å². The van der Waals surface area contributed by atoms with Crippen LogP contribution in [0.5, 0.6) is 5.75 Å². The number of H-pyrrole nitrogens is 1. The molecule has 4 nitrogen and oxygen atoms in total. The van der Waals surface area contributed by atoms with Crippen molar-refractivity contribution in [3.8, 4) is 5.75 Å². The van der Waals surface area contributed by atoms with E-state index in [9.17, 15) is 4.79 Å². The number of aryl methyl sites for hydroxylation is 2. The maximum absolute atomic E-state index is 11.0. The van der Waals surface area contributed by atoms with Gasteiger partial charge in [-0.2, -0.15) is 0 Å². The van der Waals surface area contributed by atoms with Gasteiger partial charge in [0.15, 0.2) is 4.77 Å². The van der Waals surface area contributed by atoms with E-state index in [1.54, 1.807) is 13.3 Å². The van der Waals surface area contributed by atoms with E-state index in [4.69, 9.17) is 17.0 Å². The second kappa shape index (κ2) is 5.64. The highest BCUT2D eigenvalue weighted by atomic mass is 32.1. The van der Waals surface area contributed by atoms with Crippen LogP contribution in [0.1, 0.15) is 5.56 Å². The lowest BCUT2D eigenvalue weighted by molar-refractivity contribution is 0.414. The number of ether oxygens (including phenoxy) is 1. The fraction of sp³-hybridized carbons (Fsp3) is 0.231. The second-order valence-electron chi connectivity index (χ2n) is 3.90.